The first kappa shape index (κ1) is 26.0. The molecule has 198 valence electrons. The van der Waals surface area contributed by atoms with E-state index in [1.807, 2.05) is 33.4 Å². The van der Waals surface area contributed by atoms with Crippen molar-refractivity contribution in [3.05, 3.63) is 79.5 Å². The number of halogens is 1. The Morgan fingerprint density at radius 1 is 0.895 bits per heavy atom. The van der Waals surface area contributed by atoms with E-state index in [0.717, 1.165) is 42.9 Å². The van der Waals surface area contributed by atoms with Crippen LogP contribution in [0.25, 0.3) is 0 Å². The average molecular weight is 554 g/mol. The number of anilines is 3. The third-order valence-electron chi connectivity index (χ3n) is 6.98. The molecule has 0 aliphatic carbocycles. The first-order valence-corrected chi connectivity index (χ1v) is 13.9. The Labute approximate surface area is 229 Å². The molecule has 5 rings (SSSR count). The fourth-order valence-electron chi connectivity index (χ4n) is 4.96. The van der Waals surface area contributed by atoms with Gasteiger partial charge in [-0.05, 0) is 61.0 Å². The van der Waals surface area contributed by atoms with Gasteiger partial charge < -0.3 is 20.0 Å². The number of nitrogens with zero attached hydrogens (tertiary/aromatic N) is 4. The van der Waals surface area contributed by atoms with E-state index in [0.29, 0.717) is 42.6 Å². The van der Waals surface area contributed by atoms with Gasteiger partial charge in [-0.25, -0.2) is 0 Å². The maximum atomic E-state index is 12.9. The molecule has 11 heteroatoms. The third-order valence-corrected chi connectivity index (χ3v) is 8.14. The number of benzene rings is 2. The average Bonchev–Trinajstić information content (AvgIpc) is 3.48. The second-order valence-electron chi connectivity index (χ2n) is 9.39. The SMILES string of the molecule is O=C(Nc1ccc(N2CCN(C(=O)c3cccs3)CC2)c(Cl)c1)c1ccc(N2CCCCC2)c([N+](=O)[O-])c1. The molecule has 1 N–H and O–H groups in total. The lowest BCUT2D eigenvalue weighted by Gasteiger charge is -2.36. The Hall–Kier alpha value is -3.63. The van der Waals surface area contributed by atoms with Crippen molar-refractivity contribution in [3.63, 3.8) is 0 Å². The molecule has 0 spiro atoms. The van der Waals surface area contributed by atoms with E-state index < -0.39 is 10.8 Å². The van der Waals surface area contributed by atoms with Crippen molar-refractivity contribution >= 4 is 57.5 Å². The summed E-state index contributed by atoms with van der Waals surface area (Å²) >= 11 is 8.02. The Morgan fingerprint density at radius 3 is 2.26 bits per heavy atom. The summed E-state index contributed by atoms with van der Waals surface area (Å²) in [6, 6.07) is 13.6. The second-order valence-corrected chi connectivity index (χ2v) is 10.7. The zero-order valence-corrected chi connectivity index (χ0v) is 22.3. The molecule has 2 amide bonds. The van der Waals surface area contributed by atoms with Crippen molar-refractivity contribution in [2.24, 2.45) is 0 Å². The van der Waals surface area contributed by atoms with Gasteiger partial charge in [-0.2, -0.15) is 0 Å². The van der Waals surface area contributed by atoms with Crippen LogP contribution in [0.5, 0.6) is 0 Å². The Balaban J connectivity index is 1.24. The van der Waals surface area contributed by atoms with Crippen LogP contribution in [0.4, 0.5) is 22.7 Å². The molecule has 0 unspecified atom stereocenters. The smallest absolute Gasteiger partial charge is 0.293 e. The summed E-state index contributed by atoms with van der Waals surface area (Å²) in [5.74, 6) is -0.393. The number of carbonyl (C=O) groups excluding carboxylic acids is 2. The predicted octanol–water partition coefficient (Wildman–Crippen LogP) is 5.51. The van der Waals surface area contributed by atoms with Crippen LogP contribution < -0.4 is 15.1 Å². The number of hydrogen-bond acceptors (Lipinski definition) is 7. The second kappa shape index (κ2) is 11.4. The number of rotatable bonds is 6. The maximum absolute atomic E-state index is 12.9. The molecular weight excluding hydrogens is 526 g/mol. The van der Waals surface area contributed by atoms with Gasteiger partial charge in [0.1, 0.15) is 5.69 Å². The first-order valence-electron chi connectivity index (χ1n) is 12.6. The summed E-state index contributed by atoms with van der Waals surface area (Å²) in [6.45, 7) is 4.04. The maximum Gasteiger partial charge on any atom is 0.293 e. The highest BCUT2D eigenvalue weighted by atomic mass is 35.5. The molecule has 2 saturated heterocycles. The number of nitro groups is 1. The van der Waals surface area contributed by atoms with E-state index in [1.54, 1.807) is 24.3 Å². The summed E-state index contributed by atoms with van der Waals surface area (Å²) in [5, 5.41) is 16.9. The molecule has 1 aromatic heterocycles. The van der Waals surface area contributed by atoms with Gasteiger partial charge in [0.15, 0.2) is 0 Å². The number of piperidine rings is 1. The molecule has 3 heterocycles. The van der Waals surface area contributed by atoms with E-state index in [1.165, 1.54) is 17.4 Å². The van der Waals surface area contributed by atoms with Crippen molar-refractivity contribution in [1.82, 2.24) is 4.90 Å². The van der Waals surface area contributed by atoms with E-state index in [2.05, 4.69) is 10.2 Å². The van der Waals surface area contributed by atoms with Crippen molar-refractivity contribution in [2.45, 2.75) is 19.3 Å². The molecule has 0 atom stereocenters. The molecule has 2 aliphatic heterocycles. The minimum atomic E-state index is -0.442. The lowest BCUT2D eigenvalue weighted by molar-refractivity contribution is -0.384. The molecule has 0 saturated carbocycles. The number of nitro benzene ring substituents is 1. The number of amides is 2. The number of carbonyl (C=O) groups is 2. The normalized spacial score (nSPS) is 15.9. The number of nitrogens with one attached hydrogen (secondary N) is 1. The summed E-state index contributed by atoms with van der Waals surface area (Å²) < 4.78 is 0. The van der Waals surface area contributed by atoms with E-state index in [9.17, 15) is 19.7 Å². The molecule has 2 fully saturated rings. The van der Waals surface area contributed by atoms with Crippen LogP contribution in [0.2, 0.25) is 5.02 Å². The molecular formula is C27H28ClN5O4S. The summed E-state index contributed by atoms with van der Waals surface area (Å²) in [7, 11) is 0. The number of thiophene rings is 1. The largest absolute Gasteiger partial charge is 0.367 e. The number of piperazine rings is 1. The molecule has 2 aromatic carbocycles. The van der Waals surface area contributed by atoms with Gasteiger partial charge in [-0.3, -0.25) is 19.7 Å². The molecule has 3 aromatic rings. The zero-order valence-electron chi connectivity index (χ0n) is 20.8. The molecule has 9 nitrogen and oxygen atoms in total. The fraction of sp³-hybridized carbons (Fsp3) is 0.333. The van der Waals surface area contributed by atoms with Crippen molar-refractivity contribution in [3.8, 4) is 0 Å². The van der Waals surface area contributed by atoms with E-state index in [-0.39, 0.29) is 17.2 Å². The van der Waals surface area contributed by atoms with Crippen LogP contribution in [0.3, 0.4) is 0 Å². The highest BCUT2D eigenvalue weighted by molar-refractivity contribution is 7.12. The quantitative estimate of drug-likeness (QED) is 0.319. The van der Waals surface area contributed by atoms with Crippen LogP contribution in [-0.2, 0) is 0 Å². The highest BCUT2D eigenvalue weighted by Gasteiger charge is 2.25. The van der Waals surface area contributed by atoms with Gasteiger partial charge in [0.2, 0.25) is 0 Å². The molecule has 0 radical (unpaired) electrons. The van der Waals surface area contributed by atoms with Gasteiger partial charge in [-0.15, -0.1) is 11.3 Å². The lowest BCUT2D eigenvalue weighted by atomic mass is 10.1. The van der Waals surface area contributed by atoms with Gasteiger partial charge >= 0.3 is 0 Å². The lowest BCUT2D eigenvalue weighted by Crippen LogP contribution is -2.48. The van der Waals surface area contributed by atoms with E-state index in [4.69, 9.17) is 11.6 Å². The van der Waals surface area contributed by atoms with Crippen LogP contribution in [0.1, 0.15) is 39.3 Å². The molecule has 2 aliphatic rings. The number of hydrogen-bond donors (Lipinski definition) is 1. The van der Waals surface area contributed by atoms with Crippen molar-refractivity contribution in [2.75, 3.05) is 54.4 Å². The summed E-state index contributed by atoms with van der Waals surface area (Å²) in [5.41, 5.74) is 2.03. The monoisotopic (exact) mass is 553 g/mol. The third kappa shape index (κ3) is 5.61. The van der Waals surface area contributed by atoms with Gasteiger partial charge in [0.25, 0.3) is 17.5 Å². The van der Waals surface area contributed by atoms with Gasteiger partial charge in [0, 0.05) is 56.6 Å². The fourth-order valence-corrected chi connectivity index (χ4v) is 5.95. The van der Waals surface area contributed by atoms with Crippen LogP contribution in [0, 0.1) is 10.1 Å². The zero-order chi connectivity index (χ0) is 26.6. The standard InChI is InChI=1S/C27H28ClN5O4S/c28-21-18-20(7-9-22(21)31-12-14-32(15-13-31)27(35)25-5-4-16-38-25)29-26(34)19-6-8-23(24(17-19)33(36)37)30-10-2-1-3-11-30/h4-9,16-18H,1-3,10-15H2,(H,29,34). The summed E-state index contributed by atoms with van der Waals surface area (Å²) in [6.07, 6.45) is 3.12. The van der Waals surface area contributed by atoms with Crippen molar-refractivity contribution in [1.29, 1.82) is 0 Å². The van der Waals surface area contributed by atoms with Gasteiger partial charge in [0.05, 0.1) is 20.5 Å². The predicted molar refractivity (Wildman–Crippen MR) is 151 cm³/mol. The Kier molecular flexibility index (Phi) is 7.80. The first-order chi connectivity index (χ1) is 18.4. The van der Waals surface area contributed by atoms with Crippen molar-refractivity contribution < 1.29 is 14.5 Å². The van der Waals surface area contributed by atoms with Crippen LogP contribution in [-0.4, -0.2) is 60.9 Å². The minimum absolute atomic E-state index is 0.0491. The minimum Gasteiger partial charge on any atom is -0.367 e. The molecule has 38 heavy (non-hydrogen) atoms. The Morgan fingerprint density at radius 2 is 1.61 bits per heavy atom. The van der Waals surface area contributed by atoms with E-state index >= 15 is 0 Å². The van der Waals surface area contributed by atoms with Gasteiger partial charge in [-0.1, -0.05) is 17.7 Å². The Bertz CT molecular complexity index is 1340. The topological polar surface area (TPSA) is 99.0 Å². The van der Waals surface area contributed by atoms with Crippen LogP contribution >= 0.6 is 22.9 Å². The van der Waals surface area contributed by atoms with Crippen LogP contribution in [0.15, 0.2) is 53.9 Å². The molecule has 0 bridgehead atoms. The highest BCUT2D eigenvalue weighted by Crippen LogP contribution is 2.33. The summed E-state index contributed by atoms with van der Waals surface area (Å²) in [4.78, 5) is 43.6.